The summed E-state index contributed by atoms with van der Waals surface area (Å²) in [5.74, 6) is 1.90. The molecular formula is C21H24FN3O2. The molecule has 3 aromatic rings. The maximum atomic E-state index is 13.5. The van der Waals surface area contributed by atoms with Crippen LogP contribution >= 0.6 is 0 Å². The second-order valence-corrected chi connectivity index (χ2v) is 7.68. The van der Waals surface area contributed by atoms with Gasteiger partial charge in [0.05, 0.1) is 6.54 Å². The van der Waals surface area contributed by atoms with Crippen molar-refractivity contribution in [2.75, 3.05) is 6.54 Å². The van der Waals surface area contributed by atoms with Gasteiger partial charge in [0, 0.05) is 37.3 Å². The van der Waals surface area contributed by atoms with Crippen LogP contribution in [0.15, 0.2) is 28.7 Å². The molecule has 0 atom stereocenters. The summed E-state index contributed by atoms with van der Waals surface area (Å²) in [6, 6.07) is 6.33. The number of hydrogen-bond donors (Lipinski definition) is 0. The first-order valence-corrected chi connectivity index (χ1v) is 9.44. The van der Waals surface area contributed by atoms with Crippen molar-refractivity contribution < 1.29 is 13.6 Å². The van der Waals surface area contributed by atoms with E-state index in [0.29, 0.717) is 31.1 Å². The lowest BCUT2D eigenvalue weighted by Crippen LogP contribution is -2.36. The number of aryl methyl sites for hydroxylation is 2. The Kier molecular flexibility index (Phi) is 4.50. The van der Waals surface area contributed by atoms with E-state index in [2.05, 4.69) is 18.8 Å². The Morgan fingerprint density at radius 3 is 2.93 bits per heavy atom. The third-order valence-electron chi connectivity index (χ3n) is 5.22. The molecule has 1 aliphatic heterocycles. The zero-order valence-electron chi connectivity index (χ0n) is 16.0. The van der Waals surface area contributed by atoms with E-state index in [1.807, 2.05) is 11.6 Å². The number of carbonyl (C=O) groups is 1. The van der Waals surface area contributed by atoms with Gasteiger partial charge in [0.1, 0.15) is 23.0 Å². The van der Waals surface area contributed by atoms with E-state index in [-0.39, 0.29) is 11.7 Å². The molecule has 142 valence electrons. The minimum atomic E-state index is -0.300. The number of halogens is 1. The molecule has 0 fully saturated rings. The highest BCUT2D eigenvalue weighted by Gasteiger charge is 2.27. The van der Waals surface area contributed by atoms with Crippen LogP contribution in [0.4, 0.5) is 4.39 Å². The summed E-state index contributed by atoms with van der Waals surface area (Å²) in [6.07, 6.45) is 2.54. The third-order valence-corrected chi connectivity index (χ3v) is 5.22. The fourth-order valence-corrected chi connectivity index (χ4v) is 3.63. The fraction of sp³-hybridized carbons (Fsp3) is 0.429. The number of carbonyl (C=O) groups excluding carboxylic acids is 1. The average Bonchev–Trinajstić information content (AvgIpc) is 3.19. The topological polar surface area (TPSA) is 51.3 Å². The number of amides is 1. The minimum absolute atomic E-state index is 0.0634. The summed E-state index contributed by atoms with van der Waals surface area (Å²) >= 11 is 0. The largest absolute Gasteiger partial charge is 0.445 e. The molecular weight excluding hydrogens is 345 g/mol. The molecule has 0 radical (unpaired) electrons. The Balaban J connectivity index is 1.55. The van der Waals surface area contributed by atoms with Gasteiger partial charge in [-0.3, -0.25) is 4.79 Å². The van der Waals surface area contributed by atoms with Gasteiger partial charge >= 0.3 is 0 Å². The maximum absolute atomic E-state index is 13.5. The van der Waals surface area contributed by atoms with E-state index in [1.54, 1.807) is 17.0 Å². The highest BCUT2D eigenvalue weighted by molar-refractivity contribution is 5.98. The Hall–Kier alpha value is -2.63. The van der Waals surface area contributed by atoms with Gasteiger partial charge in [-0.05, 0) is 36.6 Å². The predicted molar refractivity (Wildman–Crippen MR) is 101 cm³/mol. The molecule has 1 amide bonds. The summed E-state index contributed by atoms with van der Waals surface area (Å²) in [5, 5.41) is 0.732. The Bertz CT molecular complexity index is 1000. The number of oxazole rings is 1. The average molecular weight is 369 g/mol. The fourth-order valence-electron chi connectivity index (χ4n) is 3.63. The molecule has 0 saturated heterocycles. The molecule has 0 aliphatic carbocycles. The smallest absolute Gasteiger partial charge is 0.270 e. The van der Waals surface area contributed by atoms with Crippen LogP contribution in [0.2, 0.25) is 0 Å². The summed E-state index contributed by atoms with van der Waals surface area (Å²) in [7, 11) is 1.84. The summed E-state index contributed by atoms with van der Waals surface area (Å²) < 4.78 is 21.2. The van der Waals surface area contributed by atoms with Crippen LogP contribution in [-0.2, 0) is 26.4 Å². The summed E-state index contributed by atoms with van der Waals surface area (Å²) in [6.45, 7) is 5.41. The van der Waals surface area contributed by atoms with Gasteiger partial charge in [0.25, 0.3) is 5.91 Å². The van der Waals surface area contributed by atoms with Crippen LogP contribution in [0.25, 0.3) is 10.9 Å². The number of benzene rings is 1. The Labute approximate surface area is 157 Å². The molecule has 0 unspecified atom stereocenters. The van der Waals surface area contributed by atoms with Crippen molar-refractivity contribution in [1.82, 2.24) is 14.5 Å². The van der Waals surface area contributed by atoms with Crippen molar-refractivity contribution in [2.24, 2.45) is 13.0 Å². The number of fused-ring (bicyclic) bond motifs is 2. The standard InChI is InChI=1S/C21H24FN3O2/c1-13(2)4-7-20-23-16-12-25(9-8-19(16)27-20)21(26)18-11-14-10-15(22)5-6-17(14)24(18)3/h5-6,10-11,13H,4,7-9,12H2,1-3H3. The quantitative estimate of drug-likeness (QED) is 0.696. The normalized spacial score (nSPS) is 14.2. The van der Waals surface area contributed by atoms with Gasteiger partial charge in [-0.2, -0.15) is 0 Å². The summed E-state index contributed by atoms with van der Waals surface area (Å²) in [4.78, 5) is 19.5. The van der Waals surface area contributed by atoms with Crippen molar-refractivity contribution in [2.45, 2.75) is 39.7 Å². The van der Waals surface area contributed by atoms with Crippen molar-refractivity contribution in [1.29, 1.82) is 0 Å². The number of rotatable bonds is 4. The molecule has 2 aromatic heterocycles. The maximum Gasteiger partial charge on any atom is 0.270 e. The second kappa shape index (κ2) is 6.83. The van der Waals surface area contributed by atoms with Gasteiger partial charge in [0.15, 0.2) is 5.89 Å². The van der Waals surface area contributed by atoms with Crippen molar-refractivity contribution in [3.63, 3.8) is 0 Å². The lowest BCUT2D eigenvalue weighted by molar-refractivity contribution is 0.0718. The van der Waals surface area contributed by atoms with Crippen LogP contribution in [0, 0.1) is 11.7 Å². The minimum Gasteiger partial charge on any atom is -0.445 e. The zero-order valence-corrected chi connectivity index (χ0v) is 16.0. The molecule has 0 saturated carbocycles. The Morgan fingerprint density at radius 1 is 1.33 bits per heavy atom. The van der Waals surface area contributed by atoms with E-state index < -0.39 is 0 Å². The first kappa shape index (κ1) is 17.8. The van der Waals surface area contributed by atoms with Crippen LogP contribution in [0.1, 0.15) is 48.1 Å². The molecule has 0 bridgehead atoms. The monoisotopic (exact) mass is 369 g/mol. The highest BCUT2D eigenvalue weighted by Crippen LogP contribution is 2.25. The Morgan fingerprint density at radius 2 is 2.15 bits per heavy atom. The van der Waals surface area contributed by atoms with Crippen molar-refractivity contribution in [3.8, 4) is 0 Å². The lowest BCUT2D eigenvalue weighted by Gasteiger charge is -2.25. The number of hydrogen-bond acceptors (Lipinski definition) is 3. The van der Waals surface area contributed by atoms with E-state index >= 15 is 0 Å². The molecule has 0 N–H and O–H groups in total. The van der Waals surface area contributed by atoms with Crippen LogP contribution in [-0.4, -0.2) is 26.9 Å². The van der Waals surface area contributed by atoms with E-state index in [0.717, 1.165) is 41.1 Å². The van der Waals surface area contributed by atoms with Gasteiger partial charge in [0.2, 0.25) is 0 Å². The SMILES string of the molecule is CC(C)CCc1nc2c(o1)CCN(C(=O)c1cc3cc(F)ccc3n1C)C2. The van der Waals surface area contributed by atoms with Crippen LogP contribution in [0.3, 0.4) is 0 Å². The second-order valence-electron chi connectivity index (χ2n) is 7.68. The zero-order chi connectivity index (χ0) is 19.1. The number of aromatic nitrogens is 2. The van der Waals surface area contributed by atoms with Gasteiger partial charge < -0.3 is 13.9 Å². The first-order chi connectivity index (χ1) is 12.9. The summed E-state index contributed by atoms with van der Waals surface area (Å²) in [5.41, 5.74) is 2.26. The first-order valence-electron chi connectivity index (χ1n) is 9.44. The van der Waals surface area contributed by atoms with E-state index in [4.69, 9.17) is 4.42 Å². The molecule has 5 nitrogen and oxygen atoms in total. The highest BCUT2D eigenvalue weighted by atomic mass is 19.1. The van der Waals surface area contributed by atoms with Crippen molar-refractivity contribution in [3.05, 3.63) is 53.1 Å². The molecule has 4 rings (SSSR count). The van der Waals surface area contributed by atoms with Gasteiger partial charge in [-0.15, -0.1) is 0 Å². The number of nitrogens with zero attached hydrogens (tertiary/aromatic N) is 3. The third kappa shape index (κ3) is 3.36. The van der Waals surface area contributed by atoms with Crippen LogP contribution < -0.4 is 0 Å². The van der Waals surface area contributed by atoms with Crippen LogP contribution in [0.5, 0.6) is 0 Å². The predicted octanol–water partition coefficient (Wildman–Crippen LogP) is 4.09. The molecule has 6 heteroatoms. The van der Waals surface area contributed by atoms with Gasteiger partial charge in [-0.1, -0.05) is 13.8 Å². The molecule has 0 spiro atoms. The molecule has 1 aromatic carbocycles. The molecule has 1 aliphatic rings. The van der Waals surface area contributed by atoms with E-state index in [1.165, 1.54) is 12.1 Å². The molecule has 3 heterocycles. The molecule has 27 heavy (non-hydrogen) atoms. The van der Waals surface area contributed by atoms with Gasteiger partial charge in [-0.25, -0.2) is 9.37 Å². The van der Waals surface area contributed by atoms with E-state index in [9.17, 15) is 9.18 Å². The van der Waals surface area contributed by atoms with Crippen molar-refractivity contribution >= 4 is 16.8 Å². The lowest BCUT2D eigenvalue weighted by atomic mass is 10.1.